The number of rotatable bonds is 6. The van der Waals surface area contributed by atoms with Gasteiger partial charge in [-0.1, -0.05) is 37.3 Å². The van der Waals surface area contributed by atoms with Gasteiger partial charge < -0.3 is 15.0 Å². The summed E-state index contributed by atoms with van der Waals surface area (Å²) in [6.45, 7) is 5.61. The normalized spacial score (nSPS) is 15.9. The van der Waals surface area contributed by atoms with Gasteiger partial charge in [0.25, 0.3) is 5.56 Å². The fourth-order valence-electron chi connectivity index (χ4n) is 4.24. The van der Waals surface area contributed by atoms with E-state index in [0.29, 0.717) is 17.0 Å². The highest BCUT2D eigenvalue weighted by atomic mass is 16.5. The molecular weight excluding hydrogens is 420 g/mol. The van der Waals surface area contributed by atoms with Gasteiger partial charge in [0, 0.05) is 18.5 Å². The number of carbonyl (C=O) groups excluding carboxylic acids is 2. The molecule has 1 saturated heterocycles. The van der Waals surface area contributed by atoms with Gasteiger partial charge in [-0.05, 0) is 43.9 Å². The summed E-state index contributed by atoms with van der Waals surface area (Å²) in [6, 6.07) is 14.0. The first-order valence-electron chi connectivity index (χ1n) is 11.3. The lowest BCUT2D eigenvalue weighted by molar-refractivity contribution is -0.117. The van der Waals surface area contributed by atoms with Gasteiger partial charge >= 0.3 is 5.97 Å². The van der Waals surface area contributed by atoms with Crippen molar-refractivity contribution in [3.8, 4) is 0 Å². The molecule has 1 aliphatic rings. The second-order valence-electron chi connectivity index (χ2n) is 8.34. The molecule has 1 N–H and O–H groups in total. The number of carbonyl (C=O) groups is 2. The number of aromatic nitrogens is 2. The summed E-state index contributed by atoms with van der Waals surface area (Å²) in [5.41, 5.74) is 0.266. The number of nitrogens with zero attached hydrogens (tertiary/aromatic N) is 3. The molecule has 1 unspecified atom stereocenters. The third kappa shape index (κ3) is 4.89. The predicted molar refractivity (Wildman–Crippen MR) is 128 cm³/mol. The standard InChI is InChI=1S/C25H28N4O4/c1-3-33-25(32)20-12-6-7-13-21(20)26-22(30)16-29-24(31)19-11-5-4-10-18(19)23(27-29)28-14-8-9-17(2)15-28/h4-7,10-13,17H,3,8-9,14-16H2,1-2H3,(H,26,30). The van der Waals surface area contributed by atoms with Gasteiger partial charge in [0.1, 0.15) is 6.54 Å². The number of piperidine rings is 1. The van der Waals surface area contributed by atoms with Crippen LogP contribution in [-0.4, -0.2) is 41.4 Å². The fraction of sp³-hybridized carbons (Fsp3) is 0.360. The molecule has 2 aromatic carbocycles. The Bertz CT molecular complexity index is 1240. The number of hydrogen-bond donors (Lipinski definition) is 1. The quantitative estimate of drug-likeness (QED) is 0.581. The van der Waals surface area contributed by atoms with Crippen LogP contribution in [0.5, 0.6) is 0 Å². The van der Waals surface area contributed by atoms with Gasteiger partial charge in [-0.2, -0.15) is 5.10 Å². The summed E-state index contributed by atoms with van der Waals surface area (Å²) in [4.78, 5) is 40.4. The van der Waals surface area contributed by atoms with Gasteiger partial charge in [-0.3, -0.25) is 9.59 Å². The van der Waals surface area contributed by atoms with E-state index in [0.717, 1.165) is 37.1 Å². The maximum atomic E-state index is 13.1. The molecule has 8 heteroatoms. The smallest absolute Gasteiger partial charge is 0.340 e. The van der Waals surface area contributed by atoms with Crippen molar-refractivity contribution in [3.63, 3.8) is 0 Å². The molecule has 3 aromatic rings. The highest BCUT2D eigenvalue weighted by Crippen LogP contribution is 2.26. The zero-order valence-corrected chi connectivity index (χ0v) is 18.9. The number of hydrogen-bond acceptors (Lipinski definition) is 6. The van der Waals surface area contributed by atoms with Crippen molar-refractivity contribution in [2.24, 2.45) is 5.92 Å². The minimum Gasteiger partial charge on any atom is -0.462 e. The van der Waals surface area contributed by atoms with Crippen LogP contribution in [0.2, 0.25) is 0 Å². The Morgan fingerprint density at radius 1 is 1.12 bits per heavy atom. The first-order chi connectivity index (χ1) is 16.0. The Morgan fingerprint density at radius 2 is 1.85 bits per heavy atom. The molecule has 2 heterocycles. The number of esters is 1. The van der Waals surface area contributed by atoms with E-state index in [9.17, 15) is 14.4 Å². The molecule has 1 amide bonds. The third-order valence-corrected chi connectivity index (χ3v) is 5.79. The SMILES string of the molecule is CCOC(=O)c1ccccc1NC(=O)Cn1nc(N2CCCC(C)C2)c2ccccc2c1=O. The number of amides is 1. The van der Waals surface area contributed by atoms with Crippen molar-refractivity contribution in [2.75, 3.05) is 29.9 Å². The van der Waals surface area contributed by atoms with Crippen LogP contribution in [-0.2, 0) is 16.1 Å². The summed E-state index contributed by atoms with van der Waals surface area (Å²) in [5.74, 6) is 0.282. The van der Waals surface area contributed by atoms with Gasteiger partial charge in [-0.15, -0.1) is 0 Å². The lowest BCUT2D eigenvalue weighted by atomic mass is 10.00. The van der Waals surface area contributed by atoms with Crippen LogP contribution < -0.4 is 15.8 Å². The molecule has 1 aliphatic heterocycles. The van der Waals surface area contributed by atoms with E-state index in [1.807, 2.05) is 18.2 Å². The molecule has 4 rings (SSSR count). The summed E-state index contributed by atoms with van der Waals surface area (Å²) in [6.07, 6.45) is 2.22. The Labute approximate surface area is 192 Å². The summed E-state index contributed by atoms with van der Waals surface area (Å²) >= 11 is 0. The number of anilines is 2. The van der Waals surface area contributed by atoms with Crippen LogP contribution in [0.4, 0.5) is 11.5 Å². The summed E-state index contributed by atoms with van der Waals surface area (Å²) < 4.78 is 6.27. The average Bonchev–Trinajstić information content (AvgIpc) is 2.81. The summed E-state index contributed by atoms with van der Waals surface area (Å²) in [5, 5.41) is 8.65. The fourth-order valence-corrected chi connectivity index (χ4v) is 4.24. The number of ether oxygens (including phenoxy) is 1. The first-order valence-corrected chi connectivity index (χ1v) is 11.3. The Balaban J connectivity index is 1.64. The second kappa shape index (κ2) is 9.85. The molecule has 1 fully saturated rings. The molecule has 0 bridgehead atoms. The molecule has 0 spiro atoms. The van der Waals surface area contributed by atoms with E-state index >= 15 is 0 Å². The second-order valence-corrected chi connectivity index (χ2v) is 8.34. The molecule has 8 nitrogen and oxygen atoms in total. The van der Waals surface area contributed by atoms with Gasteiger partial charge in [0.05, 0.1) is 23.2 Å². The number of nitrogens with one attached hydrogen (secondary N) is 1. The van der Waals surface area contributed by atoms with E-state index in [1.165, 1.54) is 4.68 Å². The van der Waals surface area contributed by atoms with Crippen LogP contribution in [0.25, 0.3) is 10.8 Å². The molecule has 1 atom stereocenters. The van der Waals surface area contributed by atoms with Gasteiger partial charge in [0.2, 0.25) is 5.91 Å². The van der Waals surface area contributed by atoms with Crippen LogP contribution in [0.3, 0.4) is 0 Å². The monoisotopic (exact) mass is 448 g/mol. The largest absolute Gasteiger partial charge is 0.462 e. The van der Waals surface area contributed by atoms with Crippen molar-refractivity contribution in [2.45, 2.75) is 33.2 Å². The number of fused-ring (bicyclic) bond motifs is 1. The van der Waals surface area contributed by atoms with Gasteiger partial charge in [0.15, 0.2) is 5.82 Å². The van der Waals surface area contributed by atoms with E-state index in [2.05, 4.69) is 22.2 Å². The van der Waals surface area contributed by atoms with Crippen molar-refractivity contribution >= 4 is 34.2 Å². The number of para-hydroxylation sites is 1. The minimum atomic E-state index is -0.518. The lowest BCUT2D eigenvalue weighted by Gasteiger charge is -2.32. The van der Waals surface area contributed by atoms with E-state index in [-0.39, 0.29) is 24.3 Å². The maximum absolute atomic E-state index is 13.1. The topological polar surface area (TPSA) is 93.5 Å². The van der Waals surface area contributed by atoms with Crippen LogP contribution in [0, 0.1) is 5.92 Å². The highest BCUT2D eigenvalue weighted by Gasteiger charge is 2.22. The third-order valence-electron chi connectivity index (χ3n) is 5.79. The van der Waals surface area contributed by atoms with E-state index in [1.54, 1.807) is 37.3 Å². The Morgan fingerprint density at radius 3 is 2.61 bits per heavy atom. The molecule has 0 radical (unpaired) electrons. The predicted octanol–water partition coefficient (Wildman–Crippen LogP) is 3.45. The van der Waals surface area contributed by atoms with Crippen LogP contribution in [0.15, 0.2) is 53.3 Å². The van der Waals surface area contributed by atoms with Crippen molar-refractivity contribution in [3.05, 3.63) is 64.4 Å². The van der Waals surface area contributed by atoms with E-state index in [4.69, 9.17) is 4.74 Å². The van der Waals surface area contributed by atoms with Crippen LogP contribution in [0.1, 0.15) is 37.0 Å². The molecule has 1 aromatic heterocycles. The lowest BCUT2D eigenvalue weighted by Crippen LogP contribution is -2.38. The maximum Gasteiger partial charge on any atom is 0.340 e. The average molecular weight is 449 g/mol. The zero-order chi connectivity index (χ0) is 23.4. The number of benzene rings is 2. The molecule has 172 valence electrons. The Hall–Kier alpha value is -3.68. The Kier molecular flexibility index (Phi) is 6.72. The van der Waals surface area contributed by atoms with Crippen molar-refractivity contribution < 1.29 is 14.3 Å². The minimum absolute atomic E-state index is 0.232. The molecule has 0 aliphatic carbocycles. The zero-order valence-electron chi connectivity index (χ0n) is 18.9. The summed E-state index contributed by atoms with van der Waals surface area (Å²) in [7, 11) is 0. The first kappa shape index (κ1) is 22.5. The molecular formula is C25H28N4O4. The highest BCUT2D eigenvalue weighted by molar-refractivity contribution is 6.01. The molecule has 0 saturated carbocycles. The van der Waals surface area contributed by atoms with Crippen molar-refractivity contribution in [1.82, 2.24) is 9.78 Å². The van der Waals surface area contributed by atoms with E-state index < -0.39 is 11.9 Å². The van der Waals surface area contributed by atoms with Crippen LogP contribution >= 0.6 is 0 Å². The molecule has 33 heavy (non-hydrogen) atoms. The van der Waals surface area contributed by atoms with Crippen molar-refractivity contribution in [1.29, 1.82) is 0 Å². The van der Waals surface area contributed by atoms with Gasteiger partial charge in [-0.25, -0.2) is 9.48 Å².